The number of allylic oxidation sites excluding steroid dienone is 1. The van der Waals surface area contributed by atoms with Crippen molar-refractivity contribution in [1.82, 2.24) is 9.88 Å². The second-order valence-electron chi connectivity index (χ2n) is 7.47. The van der Waals surface area contributed by atoms with E-state index in [2.05, 4.69) is 16.4 Å². The molecule has 4 rings (SSSR count). The molecule has 1 aliphatic heterocycles. The zero-order valence-corrected chi connectivity index (χ0v) is 15.5. The molecule has 0 spiro atoms. The molecule has 140 valence electrons. The van der Waals surface area contributed by atoms with E-state index in [0.717, 1.165) is 36.7 Å². The van der Waals surface area contributed by atoms with Crippen LogP contribution in [0.5, 0.6) is 0 Å². The number of hydrogen-bond donors (Lipinski definition) is 1. The van der Waals surface area contributed by atoms with E-state index in [9.17, 15) is 9.59 Å². The van der Waals surface area contributed by atoms with Crippen LogP contribution in [0.4, 0.5) is 5.69 Å². The quantitative estimate of drug-likeness (QED) is 0.819. The van der Waals surface area contributed by atoms with Gasteiger partial charge in [0.15, 0.2) is 0 Å². The third kappa shape index (κ3) is 4.02. The highest BCUT2D eigenvalue weighted by atomic mass is 16.2. The maximum atomic E-state index is 12.7. The molecule has 2 aromatic rings. The van der Waals surface area contributed by atoms with Gasteiger partial charge in [0, 0.05) is 31.1 Å². The fraction of sp³-hybridized carbons (Fsp3) is 0.409. The molecule has 1 N–H and O–H groups in total. The van der Waals surface area contributed by atoms with Gasteiger partial charge in [-0.2, -0.15) is 0 Å². The van der Waals surface area contributed by atoms with E-state index in [1.165, 1.54) is 18.4 Å². The number of para-hydroxylation sites is 1. The summed E-state index contributed by atoms with van der Waals surface area (Å²) in [5, 5.41) is 3.97. The number of rotatable bonds is 5. The number of nitrogens with zero attached hydrogens (tertiary/aromatic N) is 2. The predicted molar refractivity (Wildman–Crippen MR) is 106 cm³/mol. The highest BCUT2D eigenvalue weighted by Crippen LogP contribution is 2.26. The van der Waals surface area contributed by atoms with Crippen LogP contribution in [-0.4, -0.2) is 34.8 Å². The second kappa shape index (κ2) is 7.91. The van der Waals surface area contributed by atoms with Gasteiger partial charge in [-0.1, -0.05) is 29.8 Å². The standard InChI is InChI=1S/C22H25N3O2/c26-20-14-18(15-25(20)13-11-16-6-2-1-3-7-16)22(27)24-19-10-4-8-17-9-5-12-23-21(17)19/h4-6,8-10,12,18H,1-3,7,11,13-15H2,(H,24,27). The van der Waals surface area contributed by atoms with E-state index < -0.39 is 0 Å². The van der Waals surface area contributed by atoms with Crippen molar-refractivity contribution in [2.75, 3.05) is 18.4 Å². The molecule has 1 aromatic heterocycles. The first-order valence-electron chi connectivity index (χ1n) is 9.81. The average molecular weight is 363 g/mol. The number of aromatic nitrogens is 1. The Morgan fingerprint density at radius 1 is 1.22 bits per heavy atom. The Labute approximate surface area is 159 Å². The van der Waals surface area contributed by atoms with Crippen LogP contribution < -0.4 is 5.32 Å². The number of fused-ring (bicyclic) bond motifs is 1. The Kier molecular flexibility index (Phi) is 5.19. The number of anilines is 1. The van der Waals surface area contributed by atoms with Crippen molar-refractivity contribution < 1.29 is 9.59 Å². The van der Waals surface area contributed by atoms with E-state index >= 15 is 0 Å². The molecule has 5 nitrogen and oxygen atoms in total. The van der Waals surface area contributed by atoms with E-state index in [4.69, 9.17) is 0 Å². The normalized spacial score (nSPS) is 20.0. The number of amides is 2. The molecule has 5 heteroatoms. The minimum absolute atomic E-state index is 0.0857. The topological polar surface area (TPSA) is 62.3 Å². The van der Waals surface area contributed by atoms with Crippen LogP contribution in [0.1, 0.15) is 38.5 Å². The van der Waals surface area contributed by atoms with Crippen LogP contribution in [0.25, 0.3) is 10.9 Å². The lowest BCUT2D eigenvalue weighted by Gasteiger charge is -2.19. The van der Waals surface area contributed by atoms with Gasteiger partial charge in [0.25, 0.3) is 0 Å². The predicted octanol–water partition coefficient (Wildman–Crippen LogP) is 3.91. The van der Waals surface area contributed by atoms with Gasteiger partial charge in [0.05, 0.1) is 17.1 Å². The maximum absolute atomic E-state index is 12.7. The minimum atomic E-state index is -0.295. The van der Waals surface area contributed by atoms with Gasteiger partial charge in [-0.05, 0) is 44.2 Å². The first-order valence-corrected chi connectivity index (χ1v) is 9.81. The van der Waals surface area contributed by atoms with Crippen LogP contribution in [0, 0.1) is 5.92 Å². The molecule has 1 unspecified atom stereocenters. The molecule has 27 heavy (non-hydrogen) atoms. The third-order valence-electron chi connectivity index (χ3n) is 5.56. The molecule has 1 saturated heterocycles. The molecule has 0 bridgehead atoms. The lowest BCUT2D eigenvalue weighted by atomic mass is 9.97. The number of hydrogen-bond acceptors (Lipinski definition) is 3. The monoisotopic (exact) mass is 363 g/mol. The van der Waals surface area contributed by atoms with Crippen molar-refractivity contribution in [3.05, 3.63) is 48.2 Å². The number of likely N-dealkylation sites (tertiary alicyclic amines) is 1. The molecule has 0 saturated carbocycles. The minimum Gasteiger partial charge on any atom is -0.342 e. The molecular weight excluding hydrogens is 338 g/mol. The summed E-state index contributed by atoms with van der Waals surface area (Å²) in [7, 11) is 0. The van der Waals surface area contributed by atoms with Crippen LogP contribution >= 0.6 is 0 Å². The number of pyridine rings is 1. The molecule has 1 aromatic carbocycles. The van der Waals surface area contributed by atoms with Crippen LogP contribution in [0.3, 0.4) is 0 Å². The molecule has 1 fully saturated rings. The van der Waals surface area contributed by atoms with Crippen molar-refractivity contribution in [2.45, 2.75) is 38.5 Å². The SMILES string of the molecule is O=C(Nc1cccc2cccnc12)C1CC(=O)N(CCC2=CCCCC2)C1. The largest absolute Gasteiger partial charge is 0.342 e. The molecule has 2 amide bonds. The fourth-order valence-corrected chi connectivity index (χ4v) is 4.01. The van der Waals surface area contributed by atoms with E-state index in [1.54, 1.807) is 6.20 Å². The van der Waals surface area contributed by atoms with Crippen LogP contribution in [-0.2, 0) is 9.59 Å². The summed E-state index contributed by atoms with van der Waals surface area (Å²) in [4.78, 5) is 31.3. The Balaban J connectivity index is 1.38. The Morgan fingerprint density at radius 2 is 2.11 bits per heavy atom. The van der Waals surface area contributed by atoms with Gasteiger partial charge < -0.3 is 10.2 Å². The summed E-state index contributed by atoms with van der Waals surface area (Å²) in [5.41, 5.74) is 2.94. The Bertz CT molecular complexity index is 885. The lowest BCUT2D eigenvalue weighted by Crippen LogP contribution is -2.29. The molecule has 0 radical (unpaired) electrons. The Morgan fingerprint density at radius 3 is 2.96 bits per heavy atom. The molecule has 2 heterocycles. The van der Waals surface area contributed by atoms with E-state index in [-0.39, 0.29) is 17.7 Å². The van der Waals surface area contributed by atoms with Gasteiger partial charge in [0.2, 0.25) is 11.8 Å². The zero-order chi connectivity index (χ0) is 18.6. The van der Waals surface area contributed by atoms with Gasteiger partial charge in [-0.3, -0.25) is 14.6 Å². The van der Waals surface area contributed by atoms with Crippen molar-refractivity contribution in [3.63, 3.8) is 0 Å². The first-order chi connectivity index (χ1) is 13.2. The number of benzene rings is 1. The number of nitrogens with one attached hydrogen (secondary N) is 1. The van der Waals surface area contributed by atoms with Crippen molar-refractivity contribution >= 4 is 28.4 Å². The summed E-state index contributed by atoms with van der Waals surface area (Å²) >= 11 is 0. The zero-order valence-electron chi connectivity index (χ0n) is 15.5. The van der Waals surface area contributed by atoms with Crippen LogP contribution in [0.15, 0.2) is 48.2 Å². The first kappa shape index (κ1) is 17.7. The highest BCUT2D eigenvalue weighted by molar-refractivity contribution is 6.02. The smallest absolute Gasteiger partial charge is 0.229 e. The maximum Gasteiger partial charge on any atom is 0.229 e. The van der Waals surface area contributed by atoms with Gasteiger partial charge in [0.1, 0.15) is 0 Å². The summed E-state index contributed by atoms with van der Waals surface area (Å²) in [6.45, 7) is 1.24. The number of carbonyl (C=O) groups excluding carboxylic acids is 2. The fourth-order valence-electron chi connectivity index (χ4n) is 4.01. The summed E-state index contributed by atoms with van der Waals surface area (Å²) in [5.74, 6) is -0.305. The van der Waals surface area contributed by atoms with Crippen molar-refractivity contribution in [3.8, 4) is 0 Å². The summed E-state index contributed by atoms with van der Waals surface area (Å²) in [6, 6.07) is 9.59. The number of carbonyl (C=O) groups is 2. The van der Waals surface area contributed by atoms with Crippen molar-refractivity contribution in [2.24, 2.45) is 5.92 Å². The van der Waals surface area contributed by atoms with E-state index in [1.807, 2.05) is 35.2 Å². The van der Waals surface area contributed by atoms with Gasteiger partial charge in [-0.15, -0.1) is 0 Å². The molecular formula is C22H25N3O2. The van der Waals surface area contributed by atoms with E-state index in [0.29, 0.717) is 18.7 Å². The van der Waals surface area contributed by atoms with Gasteiger partial charge >= 0.3 is 0 Å². The highest BCUT2D eigenvalue weighted by Gasteiger charge is 2.34. The van der Waals surface area contributed by atoms with Crippen molar-refractivity contribution in [1.29, 1.82) is 0 Å². The average Bonchev–Trinajstić information content (AvgIpc) is 3.08. The molecule has 1 aliphatic carbocycles. The summed E-state index contributed by atoms with van der Waals surface area (Å²) in [6.07, 6.45) is 10.1. The van der Waals surface area contributed by atoms with Gasteiger partial charge in [-0.25, -0.2) is 0 Å². The lowest BCUT2D eigenvalue weighted by molar-refractivity contribution is -0.128. The molecule has 1 atom stereocenters. The summed E-state index contributed by atoms with van der Waals surface area (Å²) < 4.78 is 0. The second-order valence-corrected chi connectivity index (χ2v) is 7.47. The van der Waals surface area contributed by atoms with Crippen LogP contribution in [0.2, 0.25) is 0 Å². The Hall–Kier alpha value is -2.69. The molecule has 2 aliphatic rings. The third-order valence-corrected chi connectivity index (χ3v) is 5.56.